The van der Waals surface area contributed by atoms with E-state index in [0.717, 1.165) is 25.3 Å². The number of alkyl halides is 3. The first-order chi connectivity index (χ1) is 8.97. The highest BCUT2D eigenvalue weighted by atomic mass is 19.4. The van der Waals surface area contributed by atoms with E-state index >= 15 is 0 Å². The van der Waals surface area contributed by atoms with Crippen LogP contribution in [-0.4, -0.2) is 17.6 Å². The topological polar surface area (TPSA) is 42.2 Å². The third kappa shape index (κ3) is 3.18. The van der Waals surface area contributed by atoms with Crippen molar-refractivity contribution in [3.8, 4) is 0 Å². The van der Waals surface area contributed by atoms with Gasteiger partial charge in [0.05, 0.1) is 0 Å². The fourth-order valence-electron chi connectivity index (χ4n) is 2.13. The molecular formula is C13H18F3N3. The predicted octanol–water partition coefficient (Wildman–Crippen LogP) is 2.94. The van der Waals surface area contributed by atoms with Crippen molar-refractivity contribution < 1.29 is 13.2 Å². The number of nitrogens with zero attached hydrogens (tertiary/aromatic N) is 2. The number of anilines is 1. The molecule has 0 aliphatic heterocycles. The van der Waals surface area contributed by atoms with Gasteiger partial charge in [0.25, 0.3) is 0 Å². The van der Waals surface area contributed by atoms with Gasteiger partial charge in [-0.25, -0.2) is 4.98 Å². The molecule has 19 heavy (non-hydrogen) atoms. The maximum atomic E-state index is 12.8. The second-order valence-electron chi connectivity index (χ2n) is 4.81. The Bertz CT molecular complexity index is 441. The molecule has 6 heteroatoms. The summed E-state index contributed by atoms with van der Waals surface area (Å²) in [6, 6.07) is 2.76. The Morgan fingerprint density at radius 1 is 1.37 bits per heavy atom. The standard InChI is InChI=1S/C13H18F3N3/c1-2-7-19(10-4-5-10)12-9(8-17)3-6-11(18-12)13(14,15)16/h3,6,10H,2,4-5,7-8,17H2,1H3. The van der Waals surface area contributed by atoms with Crippen LogP contribution in [0.1, 0.15) is 37.4 Å². The van der Waals surface area contributed by atoms with Crippen molar-refractivity contribution in [1.29, 1.82) is 0 Å². The molecule has 1 fully saturated rings. The average Bonchev–Trinajstić information content (AvgIpc) is 3.18. The summed E-state index contributed by atoms with van der Waals surface area (Å²) in [5, 5.41) is 0. The Balaban J connectivity index is 2.39. The van der Waals surface area contributed by atoms with Gasteiger partial charge in [-0.1, -0.05) is 13.0 Å². The van der Waals surface area contributed by atoms with Crippen molar-refractivity contribution in [3.63, 3.8) is 0 Å². The first kappa shape index (κ1) is 14.1. The van der Waals surface area contributed by atoms with Crippen molar-refractivity contribution in [2.24, 2.45) is 5.73 Å². The molecule has 1 aliphatic rings. The molecule has 1 heterocycles. The van der Waals surface area contributed by atoms with E-state index in [-0.39, 0.29) is 6.54 Å². The third-order valence-electron chi connectivity index (χ3n) is 3.19. The van der Waals surface area contributed by atoms with E-state index < -0.39 is 11.9 Å². The number of pyridine rings is 1. The summed E-state index contributed by atoms with van der Waals surface area (Å²) in [5.41, 5.74) is 5.44. The van der Waals surface area contributed by atoms with E-state index in [1.807, 2.05) is 11.8 Å². The molecule has 0 amide bonds. The van der Waals surface area contributed by atoms with Crippen LogP contribution in [0.5, 0.6) is 0 Å². The zero-order valence-electron chi connectivity index (χ0n) is 10.9. The molecule has 0 aromatic carbocycles. The number of hydrogen-bond donors (Lipinski definition) is 1. The molecule has 0 atom stereocenters. The second kappa shape index (κ2) is 5.36. The lowest BCUT2D eigenvalue weighted by Crippen LogP contribution is -2.29. The minimum absolute atomic E-state index is 0.202. The Kier molecular flexibility index (Phi) is 3.99. The Labute approximate surface area is 110 Å². The van der Waals surface area contributed by atoms with E-state index in [9.17, 15) is 13.2 Å². The van der Waals surface area contributed by atoms with Crippen LogP contribution in [0.15, 0.2) is 12.1 Å². The fraction of sp³-hybridized carbons (Fsp3) is 0.615. The lowest BCUT2D eigenvalue weighted by Gasteiger charge is -2.26. The summed E-state index contributed by atoms with van der Waals surface area (Å²) >= 11 is 0. The Morgan fingerprint density at radius 2 is 2.05 bits per heavy atom. The maximum Gasteiger partial charge on any atom is 0.433 e. The maximum absolute atomic E-state index is 12.8. The van der Waals surface area contributed by atoms with Crippen LogP contribution in [0.25, 0.3) is 0 Å². The molecule has 0 spiro atoms. The van der Waals surface area contributed by atoms with E-state index in [2.05, 4.69) is 4.98 Å². The number of rotatable bonds is 5. The van der Waals surface area contributed by atoms with Crippen LogP contribution in [0, 0.1) is 0 Å². The number of nitrogens with two attached hydrogens (primary N) is 1. The van der Waals surface area contributed by atoms with Crippen LogP contribution >= 0.6 is 0 Å². The van der Waals surface area contributed by atoms with Crippen molar-refractivity contribution >= 4 is 5.82 Å². The molecule has 0 saturated heterocycles. The minimum atomic E-state index is -4.41. The Hall–Kier alpha value is -1.30. The summed E-state index contributed by atoms with van der Waals surface area (Å²) < 4.78 is 38.3. The zero-order chi connectivity index (χ0) is 14.0. The highest BCUT2D eigenvalue weighted by molar-refractivity contribution is 5.50. The van der Waals surface area contributed by atoms with Crippen LogP contribution in [0.4, 0.5) is 19.0 Å². The fourth-order valence-corrected chi connectivity index (χ4v) is 2.13. The van der Waals surface area contributed by atoms with Crippen LogP contribution < -0.4 is 10.6 Å². The van der Waals surface area contributed by atoms with Gasteiger partial charge in [0.15, 0.2) is 0 Å². The molecule has 1 saturated carbocycles. The largest absolute Gasteiger partial charge is 0.433 e. The van der Waals surface area contributed by atoms with Gasteiger partial charge in [0.1, 0.15) is 11.5 Å². The van der Waals surface area contributed by atoms with Gasteiger partial charge in [-0.3, -0.25) is 0 Å². The lowest BCUT2D eigenvalue weighted by molar-refractivity contribution is -0.141. The highest BCUT2D eigenvalue weighted by Crippen LogP contribution is 2.35. The van der Waals surface area contributed by atoms with Gasteiger partial charge in [-0.15, -0.1) is 0 Å². The third-order valence-corrected chi connectivity index (χ3v) is 3.19. The number of aromatic nitrogens is 1. The molecule has 0 unspecified atom stereocenters. The molecule has 0 bridgehead atoms. The monoisotopic (exact) mass is 273 g/mol. The molecule has 1 aromatic rings. The van der Waals surface area contributed by atoms with Crippen molar-refractivity contribution in [1.82, 2.24) is 4.98 Å². The average molecular weight is 273 g/mol. The van der Waals surface area contributed by atoms with E-state index in [0.29, 0.717) is 24.0 Å². The Morgan fingerprint density at radius 3 is 2.53 bits per heavy atom. The van der Waals surface area contributed by atoms with Crippen LogP contribution in [0.2, 0.25) is 0 Å². The molecule has 0 radical (unpaired) electrons. The smallest absolute Gasteiger partial charge is 0.353 e. The quantitative estimate of drug-likeness (QED) is 0.897. The summed E-state index contributed by atoms with van der Waals surface area (Å²) in [4.78, 5) is 5.79. The summed E-state index contributed by atoms with van der Waals surface area (Å²) in [5.74, 6) is 0.404. The predicted molar refractivity (Wildman–Crippen MR) is 67.8 cm³/mol. The van der Waals surface area contributed by atoms with Crippen LogP contribution in [-0.2, 0) is 12.7 Å². The van der Waals surface area contributed by atoms with Gasteiger partial charge in [0.2, 0.25) is 0 Å². The van der Waals surface area contributed by atoms with E-state index in [1.54, 1.807) is 0 Å². The molecular weight excluding hydrogens is 255 g/mol. The van der Waals surface area contributed by atoms with E-state index in [4.69, 9.17) is 5.73 Å². The van der Waals surface area contributed by atoms with Gasteiger partial charge in [-0.2, -0.15) is 13.2 Å². The summed E-state index contributed by atoms with van der Waals surface area (Å²) in [6.45, 7) is 2.92. The van der Waals surface area contributed by atoms with Gasteiger partial charge >= 0.3 is 6.18 Å². The van der Waals surface area contributed by atoms with Gasteiger partial charge in [0, 0.05) is 24.7 Å². The molecule has 1 aromatic heterocycles. The molecule has 3 nitrogen and oxygen atoms in total. The molecule has 2 rings (SSSR count). The van der Waals surface area contributed by atoms with Crippen molar-refractivity contribution in [2.75, 3.05) is 11.4 Å². The van der Waals surface area contributed by atoms with Gasteiger partial charge < -0.3 is 10.6 Å². The normalized spacial score (nSPS) is 15.6. The molecule has 106 valence electrons. The molecule has 1 aliphatic carbocycles. The lowest BCUT2D eigenvalue weighted by atomic mass is 10.2. The number of halogens is 3. The molecule has 2 N–H and O–H groups in total. The van der Waals surface area contributed by atoms with Crippen molar-refractivity contribution in [3.05, 3.63) is 23.4 Å². The van der Waals surface area contributed by atoms with Crippen LogP contribution in [0.3, 0.4) is 0 Å². The van der Waals surface area contributed by atoms with Gasteiger partial charge in [-0.05, 0) is 25.3 Å². The highest BCUT2D eigenvalue weighted by Gasteiger charge is 2.35. The second-order valence-corrected chi connectivity index (χ2v) is 4.81. The van der Waals surface area contributed by atoms with E-state index in [1.165, 1.54) is 6.07 Å². The first-order valence-corrected chi connectivity index (χ1v) is 6.51. The number of hydrogen-bond acceptors (Lipinski definition) is 3. The minimum Gasteiger partial charge on any atom is -0.353 e. The summed E-state index contributed by atoms with van der Waals surface area (Å²) in [7, 11) is 0. The first-order valence-electron chi connectivity index (χ1n) is 6.51. The zero-order valence-corrected chi connectivity index (χ0v) is 10.9. The summed E-state index contributed by atoms with van der Waals surface area (Å²) in [6.07, 6.45) is -1.51. The van der Waals surface area contributed by atoms with Crippen molar-refractivity contribution in [2.45, 2.75) is 44.9 Å². The SMILES string of the molecule is CCCN(c1nc(C(F)(F)F)ccc1CN)C1CC1.